The highest BCUT2D eigenvalue weighted by Gasteiger charge is 2.29. The normalized spacial score (nSPS) is 11.6. The second-order valence-corrected chi connectivity index (χ2v) is 7.65. The van der Waals surface area contributed by atoms with Gasteiger partial charge in [-0.15, -0.1) is 0 Å². The Morgan fingerprint density at radius 2 is 1.63 bits per heavy atom. The standard InChI is InChI=1S/C17H24O9S/c1-5-23-15(18)25-11-17(3,4)13-9-12(10-27(20,21)22)7-8-14(13)26-16(19)24-6-2/h7-9H,5-6,10-11H2,1-4H3,(H,20,21,22). The molecule has 0 aliphatic rings. The lowest BCUT2D eigenvalue weighted by Gasteiger charge is -2.27. The molecule has 152 valence electrons. The third kappa shape index (κ3) is 7.83. The van der Waals surface area contributed by atoms with Gasteiger partial charge in [-0.25, -0.2) is 9.59 Å². The fourth-order valence-corrected chi connectivity index (χ4v) is 2.81. The van der Waals surface area contributed by atoms with Gasteiger partial charge in [-0.2, -0.15) is 8.42 Å². The molecule has 0 atom stereocenters. The summed E-state index contributed by atoms with van der Waals surface area (Å²) in [7, 11) is -4.25. The molecule has 27 heavy (non-hydrogen) atoms. The Hall–Kier alpha value is -2.33. The minimum Gasteiger partial charge on any atom is -0.435 e. The summed E-state index contributed by atoms with van der Waals surface area (Å²) in [6.45, 7) is 6.81. The highest BCUT2D eigenvalue weighted by Crippen LogP contribution is 2.34. The van der Waals surface area contributed by atoms with Crippen molar-refractivity contribution in [1.82, 2.24) is 0 Å². The third-order valence-electron chi connectivity index (χ3n) is 3.39. The summed E-state index contributed by atoms with van der Waals surface area (Å²) in [6.07, 6.45) is -1.78. The molecule has 0 aromatic heterocycles. The van der Waals surface area contributed by atoms with E-state index in [1.54, 1.807) is 27.7 Å². The summed E-state index contributed by atoms with van der Waals surface area (Å²) in [6, 6.07) is 4.24. The number of hydrogen-bond acceptors (Lipinski definition) is 8. The molecule has 0 aliphatic carbocycles. The van der Waals surface area contributed by atoms with Gasteiger partial charge in [-0.05, 0) is 25.5 Å². The van der Waals surface area contributed by atoms with Crippen LogP contribution in [-0.4, -0.2) is 45.1 Å². The molecule has 1 aromatic carbocycles. The lowest BCUT2D eigenvalue weighted by molar-refractivity contribution is 0.0451. The Kier molecular flexibility index (Phi) is 8.04. The first-order valence-corrected chi connectivity index (χ1v) is 9.82. The Labute approximate surface area is 158 Å². The second kappa shape index (κ2) is 9.56. The smallest absolute Gasteiger partial charge is 0.435 e. The maximum Gasteiger partial charge on any atom is 0.513 e. The quantitative estimate of drug-likeness (QED) is 0.395. The fourth-order valence-electron chi connectivity index (χ4n) is 2.21. The molecule has 9 nitrogen and oxygen atoms in total. The zero-order valence-corrected chi connectivity index (χ0v) is 16.5. The van der Waals surface area contributed by atoms with E-state index in [2.05, 4.69) is 0 Å². The van der Waals surface area contributed by atoms with Gasteiger partial charge in [0.25, 0.3) is 10.1 Å². The van der Waals surface area contributed by atoms with Gasteiger partial charge < -0.3 is 18.9 Å². The largest absolute Gasteiger partial charge is 0.513 e. The molecule has 1 N–H and O–H groups in total. The number of ether oxygens (including phenoxy) is 4. The zero-order chi connectivity index (χ0) is 20.7. The first-order chi connectivity index (χ1) is 12.5. The fraction of sp³-hybridized carbons (Fsp3) is 0.529. The Morgan fingerprint density at radius 3 is 2.19 bits per heavy atom. The van der Waals surface area contributed by atoms with Crippen LogP contribution in [0.1, 0.15) is 38.8 Å². The molecule has 0 amide bonds. The van der Waals surface area contributed by atoms with Crippen molar-refractivity contribution in [2.45, 2.75) is 38.9 Å². The molecule has 0 aliphatic heterocycles. The molecule has 0 saturated carbocycles. The van der Waals surface area contributed by atoms with Gasteiger partial charge in [0.15, 0.2) is 0 Å². The van der Waals surface area contributed by atoms with Crippen molar-refractivity contribution in [3.8, 4) is 5.75 Å². The lowest BCUT2D eigenvalue weighted by Crippen LogP contribution is -2.28. The molecular formula is C17H24O9S. The van der Waals surface area contributed by atoms with Crippen LogP contribution in [0, 0.1) is 0 Å². The van der Waals surface area contributed by atoms with Crippen LogP contribution in [-0.2, 0) is 35.5 Å². The van der Waals surface area contributed by atoms with Crippen LogP contribution in [0.25, 0.3) is 0 Å². The Bertz CT molecular complexity index is 769. The van der Waals surface area contributed by atoms with Crippen LogP contribution in [0.4, 0.5) is 9.59 Å². The molecule has 0 bridgehead atoms. The molecule has 0 unspecified atom stereocenters. The van der Waals surface area contributed by atoms with Gasteiger partial charge in [-0.3, -0.25) is 4.55 Å². The van der Waals surface area contributed by atoms with Crippen LogP contribution in [0.15, 0.2) is 18.2 Å². The van der Waals surface area contributed by atoms with Crippen LogP contribution in [0.3, 0.4) is 0 Å². The van der Waals surface area contributed by atoms with Gasteiger partial charge >= 0.3 is 12.3 Å². The second-order valence-electron chi connectivity index (χ2n) is 6.20. The molecule has 1 aromatic rings. The summed E-state index contributed by atoms with van der Waals surface area (Å²) < 4.78 is 51.1. The zero-order valence-electron chi connectivity index (χ0n) is 15.7. The van der Waals surface area contributed by atoms with Gasteiger partial charge in [0, 0.05) is 11.0 Å². The molecule has 0 spiro atoms. The highest BCUT2D eigenvalue weighted by molar-refractivity contribution is 7.85. The number of hydrogen-bond donors (Lipinski definition) is 1. The minimum atomic E-state index is -4.25. The van der Waals surface area contributed by atoms with E-state index in [9.17, 15) is 18.0 Å². The molecule has 0 radical (unpaired) electrons. The number of benzene rings is 1. The van der Waals surface area contributed by atoms with Crippen molar-refractivity contribution in [3.05, 3.63) is 29.3 Å². The SMILES string of the molecule is CCOC(=O)OCC(C)(C)c1cc(CS(=O)(=O)O)ccc1OC(=O)OCC. The molecule has 0 saturated heterocycles. The predicted molar refractivity (Wildman–Crippen MR) is 95.3 cm³/mol. The average Bonchev–Trinajstić information content (AvgIpc) is 2.53. The maximum absolute atomic E-state index is 11.7. The average molecular weight is 404 g/mol. The van der Waals surface area contributed by atoms with Gasteiger partial charge in [0.05, 0.1) is 13.2 Å². The van der Waals surface area contributed by atoms with E-state index >= 15 is 0 Å². The topological polar surface area (TPSA) is 125 Å². The first-order valence-electron chi connectivity index (χ1n) is 8.21. The number of carbonyl (C=O) groups is 2. The van der Waals surface area contributed by atoms with Crippen molar-refractivity contribution >= 4 is 22.4 Å². The van der Waals surface area contributed by atoms with E-state index in [0.717, 1.165) is 0 Å². The summed E-state index contributed by atoms with van der Waals surface area (Å²) >= 11 is 0. The lowest BCUT2D eigenvalue weighted by atomic mass is 9.84. The number of rotatable bonds is 8. The van der Waals surface area contributed by atoms with Gasteiger partial charge in [-0.1, -0.05) is 26.0 Å². The van der Waals surface area contributed by atoms with Crippen LogP contribution in [0.2, 0.25) is 0 Å². The maximum atomic E-state index is 11.7. The molecule has 10 heteroatoms. The van der Waals surface area contributed by atoms with Crippen LogP contribution in [0.5, 0.6) is 5.75 Å². The molecule has 0 heterocycles. The van der Waals surface area contributed by atoms with Gasteiger partial charge in [0.2, 0.25) is 0 Å². The Morgan fingerprint density at radius 1 is 1.04 bits per heavy atom. The summed E-state index contributed by atoms with van der Waals surface area (Å²) in [5.74, 6) is -0.501. The van der Waals surface area contributed by atoms with Crippen LogP contribution >= 0.6 is 0 Å². The van der Waals surface area contributed by atoms with Crippen molar-refractivity contribution in [3.63, 3.8) is 0 Å². The molecule has 0 fully saturated rings. The monoisotopic (exact) mass is 404 g/mol. The van der Waals surface area contributed by atoms with E-state index in [1.807, 2.05) is 0 Å². The number of carbonyl (C=O) groups excluding carboxylic acids is 2. The molecule has 1 rings (SSSR count). The van der Waals surface area contributed by atoms with Crippen molar-refractivity contribution in [2.75, 3.05) is 19.8 Å². The van der Waals surface area contributed by atoms with Crippen molar-refractivity contribution in [1.29, 1.82) is 0 Å². The van der Waals surface area contributed by atoms with Crippen LogP contribution < -0.4 is 4.74 Å². The van der Waals surface area contributed by atoms with E-state index in [1.165, 1.54) is 18.2 Å². The highest BCUT2D eigenvalue weighted by atomic mass is 32.2. The van der Waals surface area contributed by atoms with Gasteiger partial charge in [0.1, 0.15) is 18.1 Å². The van der Waals surface area contributed by atoms with E-state index in [0.29, 0.717) is 5.56 Å². The van der Waals surface area contributed by atoms with E-state index in [-0.39, 0.29) is 31.1 Å². The van der Waals surface area contributed by atoms with E-state index < -0.39 is 33.6 Å². The van der Waals surface area contributed by atoms with Crippen molar-refractivity contribution < 1.29 is 41.5 Å². The van der Waals surface area contributed by atoms with Crippen molar-refractivity contribution in [2.24, 2.45) is 0 Å². The summed E-state index contributed by atoms with van der Waals surface area (Å²) in [5.41, 5.74) is -0.210. The Balaban J connectivity index is 3.20. The van der Waals surface area contributed by atoms with E-state index in [4.69, 9.17) is 23.5 Å². The summed E-state index contributed by atoms with van der Waals surface area (Å²) in [4.78, 5) is 23.1. The minimum absolute atomic E-state index is 0.115. The first kappa shape index (κ1) is 22.7. The molecular weight excluding hydrogens is 380 g/mol. The third-order valence-corrected chi connectivity index (χ3v) is 4.09. The summed E-state index contributed by atoms with van der Waals surface area (Å²) in [5, 5.41) is 0. The predicted octanol–water partition coefficient (Wildman–Crippen LogP) is 3.06.